The first-order valence-corrected chi connectivity index (χ1v) is 9.36. The van der Waals surface area contributed by atoms with Gasteiger partial charge in [-0.05, 0) is 58.9 Å². The van der Waals surface area contributed by atoms with Crippen LogP contribution in [0.15, 0.2) is 0 Å². The molecule has 4 nitrogen and oxygen atoms in total. The molecule has 0 aromatic rings. The summed E-state index contributed by atoms with van der Waals surface area (Å²) >= 11 is 0. The Bertz CT molecular complexity index is 376. The lowest BCUT2D eigenvalue weighted by Gasteiger charge is -2.44. The Balaban J connectivity index is 2.79. The summed E-state index contributed by atoms with van der Waals surface area (Å²) < 4.78 is 5.56. The van der Waals surface area contributed by atoms with E-state index in [0.29, 0.717) is 5.92 Å². The number of ether oxygens (including phenoxy) is 1. The molecule has 0 radical (unpaired) electrons. The van der Waals surface area contributed by atoms with Crippen molar-refractivity contribution in [2.75, 3.05) is 26.2 Å². The Hall–Kier alpha value is -0.770. The maximum Gasteiger partial charge on any atom is 0.410 e. The molecular formula is C19H38N2O2. The normalized spacial score (nSPS) is 23.3. The molecule has 0 aromatic carbocycles. The topological polar surface area (TPSA) is 32.8 Å². The van der Waals surface area contributed by atoms with Gasteiger partial charge in [0.15, 0.2) is 0 Å². The summed E-state index contributed by atoms with van der Waals surface area (Å²) in [6.45, 7) is 18.8. The van der Waals surface area contributed by atoms with E-state index in [0.717, 1.165) is 45.4 Å². The molecule has 0 saturated carbocycles. The van der Waals surface area contributed by atoms with E-state index in [4.69, 9.17) is 4.74 Å². The number of rotatable bonds is 5. The van der Waals surface area contributed by atoms with Crippen molar-refractivity contribution in [3.05, 3.63) is 0 Å². The summed E-state index contributed by atoms with van der Waals surface area (Å²) in [4.78, 5) is 16.9. The van der Waals surface area contributed by atoms with Crippen molar-refractivity contribution in [1.29, 1.82) is 0 Å². The van der Waals surface area contributed by atoms with Crippen molar-refractivity contribution < 1.29 is 9.53 Å². The van der Waals surface area contributed by atoms with Gasteiger partial charge in [-0.3, -0.25) is 4.90 Å². The predicted molar refractivity (Wildman–Crippen MR) is 96.8 cm³/mol. The van der Waals surface area contributed by atoms with Crippen LogP contribution < -0.4 is 0 Å². The van der Waals surface area contributed by atoms with Crippen LogP contribution in [0.2, 0.25) is 0 Å². The quantitative estimate of drug-likeness (QED) is 0.744. The number of hydrogen-bond donors (Lipinski definition) is 0. The zero-order valence-electron chi connectivity index (χ0n) is 16.4. The van der Waals surface area contributed by atoms with Crippen molar-refractivity contribution in [2.24, 2.45) is 5.92 Å². The molecule has 0 N–H and O–H groups in total. The molecule has 23 heavy (non-hydrogen) atoms. The smallest absolute Gasteiger partial charge is 0.410 e. The highest BCUT2D eigenvalue weighted by molar-refractivity contribution is 5.68. The van der Waals surface area contributed by atoms with Gasteiger partial charge in [-0.1, -0.05) is 27.7 Å². The lowest BCUT2D eigenvalue weighted by Crippen LogP contribution is -2.50. The third-order valence-corrected chi connectivity index (χ3v) is 4.87. The highest BCUT2D eigenvalue weighted by atomic mass is 16.6. The Labute approximate surface area is 143 Å². The standard InChI is InChI=1S/C19H38N2O2/c1-8-19(21(9-2)15-16(3)4)11-10-13-20(14-12-19)17(22)23-18(5,6)7/h16H,8-15H2,1-7H3. The number of nitrogens with zero attached hydrogens (tertiary/aromatic N) is 2. The van der Waals surface area contributed by atoms with Gasteiger partial charge in [-0.2, -0.15) is 0 Å². The Kier molecular flexibility index (Phi) is 7.37. The minimum Gasteiger partial charge on any atom is -0.444 e. The van der Waals surface area contributed by atoms with E-state index in [1.54, 1.807) is 0 Å². The number of carbonyl (C=O) groups excluding carboxylic acids is 1. The van der Waals surface area contributed by atoms with Crippen molar-refractivity contribution >= 4 is 6.09 Å². The number of amides is 1. The van der Waals surface area contributed by atoms with Crippen LogP contribution in [-0.4, -0.2) is 53.2 Å². The van der Waals surface area contributed by atoms with Gasteiger partial charge in [0.05, 0.1) is 0 Å². The first-order valence-electron chi connectivity index (χ1n) is 9.36. The van der Waals surface area contributed by atoms with Crippen LogP contribution >= 0.6 is 0 Å². The molecule has 0 spiro atoms. The van der Waals surface area contributed by atoms with E-state index >= 15 is 0 Å². The van der Waals surface area contributed by atoms with E-state index < -0.39 is 5.60 Å². The number of hydrogen-bond acceptors (Lipinski definition) is 3. The van der Waals surface area contributed by atoms with Crippen molar-refractivity contribution in [2.45, 2.75) is 85.3 Å². The largest absolute Gasteiger partial charge is 0.444 e. The van der Waals surface area contributed by atoms with Crippen molar-refractivity contribution in [1.82, 2.24) is 9.80 Å². The van der Waals surface area contributed by atoms with Crippen LogP contribution in [0.1, 0.15) is 74.1 Å². The monoisotopic (exact) mass is 326 g/mol. The summed E-state index contributed by atoms with van der Waals surface area (Å²) in [5.41, 5.74) is -0.186. The molecule has 0 aromatic heterocycles. The van der Waals surface area contributed by atoms with Crippen LogP contribution in [-0.2, 0) is 4.74 Å². The molecule has 136 valence electrons. The summed E-state index contributed by atoms with van der Waals surface area (Å²) in [7, 11) is 0. The lowest BCUT2D eigenvalue weighted by molar-refractivity contribution is 0.0229. The molecule has 1 aliphatic heterocycles. The first-order chi connectivity index (χ1) is 10.6. The maximum absolute atomic E-state index is 12.4. The summed E-state index contributed by atoms with van der Waals surface area (Å²) in [6.07, 6.45) is 4.26. The molecule has 0 aliphatic carbocycles. The van der Waals surface area contributed by atoms with E-state index in [9.17, 15) is 4.79 Å². The highest BCUT2D eigenvalue weighted by Crippen LogP contribution is 2.33. The van der Waals surface area contributed by atoms with Crippen LogP contribution in [0.25, 0.3) is 0 Å². The van der Waals surface area contributed by atoms with Crippen LogP contribution in [0.4, 0.5) is 4.79 Å². The Morgan fingerprint density at radius 1 is 1.22 bits per heavy atom. The second kappa shape index (κ2) is 8.36. The second-order valence-corrected chi connectivity index (χ2v) is 8.33. The van der Waals surface area contributed by atoms with E-state index in [-0.39, 0.29) is 11.6 Å². The molecule has 1 heterocycles. The molecule has 1 aliphatic rings. The SMILES string of the molecule is CCN(CC(C)C)C1(CC)CCCN(C(=O)OC(C)(C)C)CC1. The van der Waals surface area contributed by atoms with E-state index in [1.165, 1.54) is 6.42 Å². The fourth-order valence-corrected chi connectivity index (χ4v) is 3.68. The van der Waals surface area contributed by atoms with Crippen LogP contribution in [0.5, 0.6) is 0 Å². The van der Waals surface area contributed by atoms with Gasteiger partial charge in [0.25, 0.3) is 0 Å². The van der Waals surface area contributed by atoms with Crippen molar-refractivity contribution in [3.63, 3.8) is 0 Å². The fraction of sp³-hybridized carbons (Fsp3) is 0.947. The molecule has 1 atom stereocenters. The van der Waals surface area contributed by atoms with E-state index in [2.05, 4.69) is 32.6 Å². The molecule has 1 amide bonds. The van der Waals surface area contributed by atoms with Gasteiger partial charge in [0.2, 0.25) is 0 Å². The van der Waals surface area contributed by atoms with Crippen LogP contribution in [0.3, 0.4) is 0 Å². The summed E-state index contributed by atoms with van der Waals surface area (Å²) in [5.74, 6) is 0.670. The molecular weight excluding hydrogens is 288 g/mol. The van der Waals surface area contributed by atoms with Crippen molar-refractivity contribution in [3.8, 4) is 0 Å². The average Bonchev–Trinajstić information content (AvgIpc) is 2.66. The fourth-order valence-electron chi connectivity index (χ4n) is 3.68. The number of likely N-dealkylation sites (tertiary alicyclic amines) is 1. The van der Waals surface area contributed by atoms with Gasteiger partial charge in [-0.15, -0.1) is 0 Å². The minimum absolute atomic E-state index is 0.156. The van der Waals surface area contributed by atoms with E-state index in [1.807, 2.05) is 25.7 Å². The second-order valence-electron chi connectivity index (χ2n) is 8.33. The zero-order chi connectivity index (χ0) is 17.7. The minimum atomic E-state index is -0.418. The third kappa shape index (κ3) is 5.98. The summed E-state index contributed by atoms with van der Waals surface area (Å²) in [5, 5.41) is 0. The van der Waals surface area contributed by atoms with Gasteiger partial charge in [0, 0.05) is 25.2 Å². The molecule has 1 rings (SSSR count). The van der Waals surface area contributed by atoms with Crippen LogP contribution in [0, 0.1) is 5.92 Å². The zero-order valence-corrected chi connectivity index (χ0v) is 16.4. The lowest BCUT2D eigenvalue weighted by atomic mass is 9.85. The molecule has 0 bridgehead atoms. The highest BCUT2D eigenvalue weighted by Gasteiger charge is 2.37. The summed E-state index contributed by atoms with van der Waals surface area (Å²) in [6, 6.07) is 0. The maximum atomic E-state index is 12.4. The predicted octanol–water partition coefficient (Wildman–Crippen LogP) is 4.53. The molecule has 4 heteroatoms. The van der Waals surface area contributed by atoms with Gasteiger partial charge >= 0.3 is 6.09 Å². The molecule has 1 unspecified atom stereocenters. The number of carbonyl (C=O) groups is 1. The molecule has 1 fully saturated rings. The first kappa shape index (κ1) is 20.3. The average molecular weight is 327 g/mol. The third-order valence-electron chi connectivity index (χ3n) is 4.87. The Morgan fingerprint density at radius 2 is 1.87 bits per heavy atom. The van der Waals surface area contributed by atoms with Gasteiger partial charge in [0.1, 0.15) is 5.60 Å². The van der Waals surface area contributed by atoms with Gasteiger partial charge < -0.3 is 9.64 Å². The molecule has 1 saturated heterocycles. The van der Waals surface area contributed by atoms with Gasteiger partial charge in [-0.25, -0.2) is 4.79 Å². The Morgan fingerprint density at radius 3 is 2.35 bits per heavy atom.